The fourth-order valence-corrected chi connectivity index (χ4v) is 2.39. The predicted molar refractivity (Wildman–Crippen MR) is 72.7 cm³/mol. The first-order valence-electron chi connectivity index (χ1n) is 7.58. The Morgan fingerprint density at radius 1 is 1.17 bits per heavy atom. The van der Waals surface area contributed by atoms with E-state index in [1.165, 1.54) is 44.9 Å². The fourth-order valence-electron chi connectivity index (χ4n) is 2.39. The maximum atomic E-state index is 11.0. The zero-order chi connectivity index (χ0) is 13.2. The largest absolute Gasteiger partial charge is 0.481 e. The van der Waals surface area contributed by atoms with Crippen LogP contribution >= 0.6 is 0 Å². The summed E-state index contributed by atoms with van der Waals surface area (Å²) in [6.45, 7) is 3.00. The molecular weight excluding hydrogens is 228 g/mol. The van der Waals surface area contributed by atoms with Crippen molar-refractivity contribution in [3.63, 3.8) is 0 Å². The average Bonchev–Trinajstić information content (AvgIpc) is 3.14. The van der Waals surface area contributed by atoms with Gasteiger partial charge in [0.2, 0.25) is 0 Å². The van der Waals surface area contributed by atoms with Crippen LogP contribution in [0.5, 0.6) is 0 Å². The minimum atomic E-state index is -0.645. The third kappa shape index (κ3) is 7.70. The summed E-state index contributed by atoms with van der Waals surface area (Å²) in [6.07, 6.45) is 11.9. The number of rotatable bonds is 12. The highest BCUT2D eigenvalue weighted by atomic mass is 16.6. The summed E-state index contributed by atoms with van der Waals surface area (Å²) >= 11 is 0. The SMILES string of the molecule is CCCCCCCCCCC(CC1CO1)C(=O)O. The molecule has 0 amide bonds. The van der Waals surface area contributed by atoms with Crippen LogP contribution in [0.4, 0.5) is 0 Å². The Morgan fingerprint density at radius 3 is 2.22 bits per heavy atom. The highest BCUT2D eigenvalue weighted by Crippen LogP contribution is 2.24. The lowest BCUT2D eigenvalue weighted by atomic mass is 9.96. The van der Waals surface area contributed by atoms with Gasteiger partial charge in [0.1, 0.15) is 0 Å². The number of hydrogen-bond acceptors (Lipinski definition) is 2. The van der Waals surface area contributed by atoms with Crippen LogP contribution in [0.3, 0.4) is 0 Å². The summed E-state index contributed by atoms with van der Waals surface area (Å²) < 4.78 is 5.11. The van der Waals surface area contributed by atoms with Crippen molar-refractivity contribution < 1.29 is 14.6 Å². The van der Waals surface area contributed by atoms with Gasteiger partial charge in [0.25, 0.3) is 0 Å². The lowest BCUT2D eigenvalue weighted by Crippen LogP contribution is -2.15. The van der Waals surface area contributed by atoms with Crippen molar-refractivity contribution in [3.05, 3.63) is 0 Å². The minimum absolute atomic E-state index is 0.183. The lowest BCUT2D eigenvalue weighted by molar-refractivity contribution is -0.142. The summed E-state index contributed by atoms with van der Waals surface area (Å²) in [7, 11) is 0. The van der Waals surface area contributed by atoms with E-state index >= 15 is 0 Å². The molecule has 0 aromatic rings. The molecule has 18 heavy (non-hydrogen) atoms. The Bertz CT molecular complexity index is 224. The molecule has 2 atom stereocenters. The summed E-state index contributed by atoms with van der Waals surface area (Å²) in [5.41, 5.74) is 0. The Labute approximate surface area is 111 Å². The van der Waals surface area contributed by atoms with E-state index in [0.717, 1.165) is 19.4 Å². The molecule has 1 aliphatic rings. The summed E-state index contributed by atoms with van der Waals surface area (Å²) in [5, 5.41) is 9.09. The van der Waals surface area contributed by atoms with Crippen molar-refractivity contribution in [2.24, 2.45) is 5.92 Å². The van der Waals surface area contributed by atoms with Crippen molar-refractivity contribution in [1.82, 2.24) is 0 Å². The molecular formula is C15H28O3. The average molecular weight is 256 g/mol. The molecule has 1 rings (SSSR count). The number of ether oxygens (including phenoxy) is 1. The molecule has 1 fully saturated rings. The molecule has 1 N–H and O–H groups in total. The van der Waals surface area contributed by atoms with Gasteiger partial charge in [-0.25, -0.2) is 0 Å². The normalized spacial score (nSPS) is 19.7. The molecule has 0 radical (unpaired) electrons. The lowest BCUT2D eigenvalue weighted by Gasteiger charge is -2.10. The third-order valence-corrected chi connectivity index (χ3v) is 3.71. The number of hydrogen-bond donors (Lipinski definition) is 1. The topological polar surface area (TPSA) is 49.8 Å². The Morgan fingerprint density at radius 2 is 1.72 bits per heavy atom. The highest BCUT2D eigenvalue weighted by Gasteiger charge is 2.29. The second-order valence-electron chi connectivity index (χ2n) is 5.49. The second-order valence-corrected chi connectivity index (χ2v) is 5.49. The number of unbranched alkanes of at least 4 members (excludes halogenated alkanes) is 7. The molecule has 3 nitrogen and oxygen atoms in total. The molecule has 106 valence electrons. The van der Waals surface area contributed by atoms with Crippen LogP contribution in [0.15, 0.2) is 0 Å². The molecule has 1 saturated heterocycles. The third-order valence-electron chi connectivity index (χ3n) is 3.71. The molecule has 0 spiro atoms. The first kappa shape index (κ1) is 15.5. The van der Waals surface area contributed by atoms with E-state index < -0.39 is 5.97 Å². The van der Waals surface area contributed by atoms with E-state index in [2.05, 4.69) is 6.92 Å². The predicted octanol–water partition coefficient (Wildman–Crippen LogP) is 4.01. The smallest absolute Gasteiger partial charge is 0.306 e. The molecule has 3 heteroatoms. The van der Waals surface area contributed by atoms with Crippen molar-refractivity contribution in [2.45, 2.75) is 77.2 Å². The van der Waals surface area contributed by atoms with Crippen LogP contribution in [-0.2, 0) is 9.53 Å². The Balaban J connectivity index is 1.92. The zero-order valence-corrected chi connectivity index (χ0v) is 11.7. The van der Waals surface area contributed by atoms with Crippen molar-refractivity contribution in [3.8, 4) is 0 Å². The van der Waals surface area contributed by atoms with Gasteiger partial charge in [-0.2, -0.15) is 0 Å². The highest BCUT2D eigenvalue weighted by molar-refractivity contribution is 5.69. The van der Waals surface area contributed by atoms with Crippen molar-refractivity contribution in [1.29, 1.82) is 0 Å². The zero-order valence-electron chi connectivity index (χ0n) is 11.7. The molecule has 1 heterocycles. The molecule has 0 aliphatic carbocycles. The van der Waals surface area contributed by atoms with Gasteiger partial charge in [-0.05, 0) is 12.8 Å². The van der Waals surface area contributed by atoms with E-state index in [1.807, 2.05) is 0 Å². The van der Waals surface area contributed by atoms with Gasteiger partial charge in [-0.1, -0.05) is 58.3 Å². The number of aliphatic carboxylic acids is 1. The molecule has 1 aliphatic heterocycles. The first-order valence-corrected chi connectivity index (χ1v) is 7.58. The van der Waals surface area contributed by atoms with Gasteiger partial charge < -0.3 is 9.84 Å². The number of carbonyl (C=O) groups is 1. The quantitative estimate of drug-likeness (QED) is 0.424. The summed E-state index contributed by atoms with van der Waals surface area (Å²) in [6, 6.07) is 0. The summed E-state index contributed by atoms with van der Waals surface area (Å²) in [5.74, 6) is -0.828. The van der Waals surface area contributed by atoms with Gasteiger partial charge in [-0.3, -0.25) is 4.79 Å². The second kappa shape index (κ2) is 9.37. The molecule has 2 unspecified atom stereocenters. The molecule has 0 aromatic carbocycles. The van der Waals surface area contributed by atoms with Crippen molar-refractivity contribution in [2.75, 3.05) is 6.61 Å². The Kier molecular flexibility index (Phi) is 8.06. The van der Waals surface area contributed by atoms with Crippen LogP contribution in [0, 0.1) is 5.92 Å². The molecule has 0 bridgehead atoms. The van der Waals surface area contributed by atoms with Crippen LogP contribution < -0.4 is 0 Å². The fraction of sp³-hybridized carbons (Fsp3) is 0.933. The van der Waals surface area contributed by atoms with Gasteiger partial charge in [0.05, 0.1) is 18.6 Å². The first-order chi connectivity index (χ1) is 8.74. The number of epoxide rings is 1. The van der Waals surface area contributed by atoms with Gasteiger partial charge >= 0.3 is 5.97 Å². The number of carboxylic acid groups (broad SMARTS) is 1. The van der Waals surface area contributed by atoms with Gasteiger partial charge in [0, 0.05) is 0 Å². The van der Waals surface area contributed by atoms with Crippen LogP contribution in [0.2, 0.25) is 0 Å². The van der Waals surface area contributed by atoms with E-state index in [9.17, 15) is 4.79 Å². The standard InChI is InChI=1S/C15H28O3/c1-2-3-4-5-6-7-8-9-10-13(15(16)17)11-14-12-18-14/h13-14H,2-12H2,1H3,(H,16,17). The van der Waals surface area contributed by atoms with E-state index in [0.29, 0.717) is 6.42 Å². The van der Waals surface area contributed by atoms with Crippen LogP contribution in [0.25, 0.3) is 0 Å². The molecule has 0 aromatic heterocycles. The van der Waals surface area contributed by atoms with Crippen LogP contribution in [0.1, 0.15) is 71.1 Å². The van der Waals surface area contributed by atoms with Gasteiger partial charge in [-0.15, -0.1) is 0 Å². The summed E-state index contributed by atoms with van der Waals surface area (Å²) in [4.78, 5) is 11.0. The van der Waals surface area contributed by atoms with Crippen LogP contribution in [-0.4, -0.2) is 23.8 Å². The molecule has 0 saturated carbocycles. The monoisotopic (exact) mass is 256 g/mol. The van der Waals surface area contributed by atoms with Crippen molar-refractivity contribution >= 4 is 5.97 Å². The van der Waals surface area contributed by atoms with E-state index in [-0.39, 0.29) is 12.0 Å². The Hall–Kier alpha value is -0.570. The maximum Gasteiger partial charge on any atom is 0.306 e. The minimum Gasteiger partial charge on any atom is -0.481 e. The maximum absolute atomic E-state index is 11.0. The number of carboxylic acids is 1. The van der Waals surface area contributed by atoms with E-state index in [4.69, 9.17) is 9.84 Å². The van der Waals surface area contributed by atoms with Gasteiger partial charge in [0.15, 0.2) is 0 Å². The van der Waals surface area contributed by atoms with E-state index in [1.54, 1.807) is 0 Å².